The highest BCUT2D eigenvalue weighted by molar-refractivity contribution is 9.10. The van der Waals surface area contributed by atoms with E-state index in [0.29, 0.717) is 5.56 Å². The van der Waals surface area contributed by atoms with Gasteiger partial charge in [-0.3, -0.25) is 9.59 Å². The number of para-hydroxylation sites is 1. The zero-order valence-electron chi connectivity index (χ0n) is 14.0. The molecule has 1 heterocycles. The number of benzene rings is 2. The lowest BCUT2D eigenvalue weighted by molar-refractivity contribution is -0.120. The number of nitrogens with one attached hydrogen (secondary N) is 3. The molecular weight excluding hydrogens is 396 g/mol. The first-order valence-corrected chi connectivity index (χ1v) is 8.77. The number of aromatic nitrogens is 1. The highest BCUT2D eigenvalue weighted by atomic mass is 79.9. The zero-order chi connectivity index (χ0) is 18.5. The van der Waals surface area contributed by atoms with E-state index in [-0.39, 0.29) is 12.5 Å². The largest absolute Gasteiger partial charge is 0.358 e. The standard InChI is InChI=1S/C19H17BrN4O2/c1-12-16(15-4-2-3-5-17(15)23-12)10-22-24-18(25)11-21-19(26)13-6-8-14(20)9-7-13/h2-10,23H,11H2,1H3,(H,21,26)(H,24,25)/b22-10+. The summed E-state index contributed by atoms with van der Waals surface area (Å²) in [4.78, 5) is 27.1. The average Bonchev–Trinajstić information content (AvgIpc) is 2.96. The van der Waals surface area contributed by atoms with Crippen LogP contribution in [0.3, 0.4) is 0 Å². The first kappa shape index (κ1) is 17.9. The third kappa shape index (κ3) is 4.18. The summed E-state index contributed by atoms with van der Waals surface area (Å²) in [5.41, 5.74) is 5.80. The van der Waals surface area contributed by atoms with Crippen LogP contribution in [-0.4, -0.2) is 29.6 Å². The van der Waals surface area contributed by atoms with Crippen molar-refractivity contribution >= 4 is 44.9 Å². The molecule has 2 aromatic carbocycles. The second-order valence-corrected chi connectivity index (χ2v) is 6.61. The minimum atomic E-state index is -0.399. The molecule has 0 aliphatic rings. The number of hydrazone groups is 1. The van der Waals surface area contributed by atoms with Gasteiger partial charge in [0.2, 0.25) is 0 Å². The van der Waals surface area contributed by atoms with Gasteiger partial charge in [-0.05, 0) is 37.3 Å². The minimum absolute atomic E-state index is 0.154. The summed E-state index contributed by atoms with van der Waals surface area (Å²) in [7, 11) is 0. The van der Waals surface area contributed by atoms with Gasteiger partial charge in [-0.1, -0.05) is 34.1 Å². The van der Waals surface area contributed by atoms with E-state index in [9.17, 15) is 9.59 Å². The predicted octanol–water partition coefficient (Wildman–Crippen LogP) is 3.12. The summed E-state index contributed by atoms with van der Waals surface area (Å²) >= 11 is 3.31. The van der Waals surface area contributed by atoms with Crippen molar-refractivity contribution in [2.24, 2.45) is 5.10 Å². The van der Waals surface area contributed by atoms with Crippen LogP contribution in [0.5, 0.6) is 0 Å². The number of aromatic amines is 1. The van der Waals surface area contributed by atoms with Crippen LogP contribution in [0, 0.1) is 6.92 Å². The van der Waals surface area contributed by atoms with Gasteiger partial charge < -0.3 is 10.3 Å². The van der Waals surface area contributed by atoms with Crippen LogP contribution in [0.2, 0.25) is 0 Å². The third-order valence-corrected chi connectivity index (χ3v) is 4.37. The number of H-pyrrole nitrogens is 1. The van der Waals surface area contributed by atoms with Crippen molar-refractivity contribution in [3.63, 3.8) is 0 Å². The fraction of sp³-hybridized carbons (Fsp3) is 0.105. The quantitative estimate of drug-likeness (QED) is 0.444. The van der Waals surface area contributed by atoms with Crippen molar-refractivity contribution in [3.8, 4) is 0 Å². The number of carbonyl (C=O) groups excluding carboxylic acids is 2. The molecule has 26 heavy (non-hydrogen) atoms. The molecule has 0 atom stereocenters. The topological polar surface area (TPSA) is 86.3 Å². The molecule has 0 aliphatic carbocycles. The number of hydrogen-bond acceptors (Lipinski definition) is 3. The van der Waals surface area contributed by atoms with Gasteiger partial charge in [0.15, 0.2) is 0 Å². The Hall–Kier alpha value is -2.93. The average molecular weight is 413 g/mol. The Morgan fingerprint density at radius 2 is 1.88 bits per heavy atom. The van der Waals surface area contributed by atoms with E-state index in [1.807, 2.05) is 31.2 Å². The lowest BCUT2D eigenvalue weighted by atomic mass is 10.1. The van der Waals surface area contributed by atoms with Crippen molar-refractivity contribution in [2.45, 2.75) is 6.92 Å². The van der Waals surface area contributed by atoms with E-state index in [1.54, 1.807) is 30.5 Å². The molecule has 132 valence electrons. The SMILES string of the molecule is Cc1[nH]c2ccccc2c1/C=N/NC(=O)CNC(=O)c1ccc(Br)cc1. The smallest absolute Gasteiger partial charge is 0.259 e. The van der Waals surface area contributed by atoms with Gasteiger partial charge in [0.1, 0.15) is 0 Å². The molecule has 0 radical (unpaired) electrons. The first-order valence-electron chi connectivity index (χ1n) is 7.97. The van der Waals surface area contributed by atoms with E-state index >= 15 is 0 Å². The summed E-state index contributed by atoms with van der Waals surface area (Å²) < 4.78 is 0.883. The molecule has 2 amide bonds. The van der Waals surface area contributed by atoms with Crippen molar-refractivity contribution in [3.05, 3.63) is 69.8 Å². The molecule has 0 aliphatic heterocycles. The van der Waals surface area contributed by atoms with Crippen molar-refractivity contribution < 1.29 is 9.59 Å². The first-order chi connectivity index (χ1) is 12.5. The van der Waals surface area contributed by atoms with Gasteiger partial charge in [0.25, 0.3) is 11.8 Å². The molecule has 0 fully saturated rings. The van der Waals surface area contributed by atoms with E-state index in [0.717, 1.165) is 26.6 Å². The van der Waals surface area contributed by atoms with Crippen LogP contribution in [0.4, 0.5) is 0 Å². The van der Waals surface area contributed by atoms with Crippen LogP contribution in [0.15, 0.2) is 58.1 Å². The number of halogens is 1. The second-order valence-electron chi connectivity index (χ2n) is 5.69. The molecule has 0 saturated heterocycles. The van der Waals surface area contributed by atoms with Gasteiger partial charge in [0, 0.05) is 32.2 Å². The zero-order valence-corrected chi connectivity index (χ0v) is 15.6. The summed E-state index contributed by atoms with van der Waals surface area (Å²) in [6.45, 7) is 1.79. The Morgan fingerprint density at radius 3 is 2.65 bits per heavy atom. The number of aryl methyl sites for hydroxylation is 1. The van der Waals surface area contributed by atoms with Crippen molar-refractivity contribution in [1.82, 2.24) is 15.7 Å². The van der Waals surface area contributed by atoms with Crippen molar-refractivity contribution in [1.29, 1.82) is 0 Å². The predicted molar refractivity (Wildman–Crippen MR) is 105 cm³/mol. The molecule has 1 aromatic heterocycles. The molecule has 7 heteroatoms. The fourth-order valence-corrected chi connectivity index (χ4v) is 2.80. The Labute approximate surface area is 158 Å². The Morgan fingerprint density at radius 1 is 1.15 bits per heavy atom. The van der Waals surface area contributed by atoms with Gasteiger partial charge in [0.05, 0.1) is 12.8 Å². The molecule has 0 saturated carbocycles. The van der Waals surface area contributed by atoms with Gasteiger partial charge in [-0.15, -0.1) is 0 Å². The number of carbonyl (C=O) groups is 2. The van der Waals surface area contributed by atoms with Crippen LogP contribution >= 0.6 is 15.9 Å². The maximum absolute atomic E-state index is 12.0. The number of fused-ring (bicyclic) bond motifs is 1. The van der Waals surface area contributed by atoms with Crippen LogP contribution < -0.4 is 10.7 Å². The number of hydrogen-bond donors (Lipinski definition) is 3. The summed E-state index contributed by atoms with van der Waals surface area (Å²) in [6, 6.07) is 14.8. The maximum Gasteiger partial charge on any atom is 0.259 e. The Kier molecular flexibility index (Phi) is 5.48. The highest BCUT2D eigenvalue weighted by Crippen LogP contribution is 2.19. The van der Waals surface area contributed by atoms with Crippen LogP contribution in [-0.2, 0) is 4.79 Å². The monoisotopic (exact) mass is 412 g/mol. The summed E-state index contributed by atoms with van der Waals surface area (Å²) in [5.74, 6) is -0.715. The van der Waals surface area contributed by atoms with E-state index in [1.165, 1.54) is 0 Å². The van der Waals surface area contributed by atoms with Crippen molar-refractivity contribution in [2.75, 3.05) is 6.54 Å². The van der Waals surface area contributed by atoms with E-state index in [4.69, 9.17) is 0 Å². The molecule has 3 rings (SSSR count). The fourth-order valence-electron chi connectivity index (χ4n) is 2.54. The lowest BCUT2D eigenvalue weighted by Gasteiger charge is -2.04. The molecule has 0 spiro atoms. The molecule has 0 unspecified atom stereocenters. The molecule has 3 aromatic rings. The number of rotatable bonds is 5. The summed E-state index contributed by atoms with van der Waals surface area (Å²) in [5, 5.41) is 7.58. The summed E-state index contributed by atoms with van der Waals surface area (Å²) in [6.07, 6.45) is 1.60. The normalized spacial score (nSPS) is 11.0. The van der Waals surface area contributed by atoms with Crippen LogP contribution in [0.25, 0.3) is 10.9 Å². The molecule has 3 N–H and O–H groups in total. The minimum Gasteiger partial charge on any atom is -0.358 e. The van der Waals surface area contributed by atoms with E-state index in [2.05, 4.69) is 36.8 Å². The third-order valence-electron chi connectivity index (χ3n) is 3.84. The Bertz CT molecular complexity index is 977. The number of nitrogens with zero attached hydrogens (tertiary/aromatic N) is 1. The molecule has 6 nitrogen and oxygen atoms in total. The van der Waals surface area contributed by atoms with E-state index < -0.39 is 5.91 Å². The highest BCUT2D eigenvalue weighted by Gasteiger charge is 2.08. The molecule has 0 bridgehead atoms. The second kappa shape index (κ2) is 7.97. The molecular formula is C19H17BrN4O2. The lowest BCUT2D eigenvalue weighted by Crippen LogP contribution is -2.34. The van der Waals surface area contributed by atoms with Gasteiger partial charge in [-0.2, -0.15) is 5.10 Å². The van der Waals surface area contributed by atoms with Gasteiger partial charge >= 0.3 is 0 Å². The number of amides is 2. The maximum atomic E-state index is 12.0. The van der Waals surface area contributed by atoms with Crippen LogP contribution in [0.1, 0.15) is 21.6 Å². The van der Waals surface area contributed by atoms with Gasteiger partial charge in [-0.25, -0.2) is 5.43 Å². The Balaban J connectivity index is 1.55.